The molecule has 1 aromatic rings. The number of piperazine rings is 1. The van der Waals surface area contributed by atoms with Gasteiger partial charge in [-0.15, -0.1) is 0 Å². The van der Waals surface area contributed by atoms with E-state index in [-0.39, 0.29) is 11.6 Å². The zero-order valence-electron chi connectivity index (χ0n) is 8.87. The first kappa shape index (κ1) is 10.9. The van der Waals surface area contributed by atoms with Crippen LogP contribution in [0.1, 0.15) is 10.4 Å². The Balaban J connectivity index is 2.19. The first-order valence-corrected chi connectivity index (χ1v) is 5.23. The number of carbonyl (C=O) groups is 1. The standard InChI is InChI=1S/C11H14FN3O/c12-9-5-8(6-10(13)7-9)11(16)15-3-1-14-2-4-15/h5-7,14H,1-4,13H2. The molecular weight excluding hydrogens is 209 g/mol. The number of anilines is 1. The molecule has 0 unspecified atom stereocenters. The van der Waals surface area contributed by atoms with Crippen LogP contribution in [-0.4, -0.2) is 37.0 Å². The van der Waals surface area contributed by atoms with E-state index < -0.39 is 5.82 Å². The molecule has 0 radical (unpaired) electrons. The maximum atomic E-state index is 13.1. The van der Waals surface area contributed by atoms with Crippen molar-refractivity contribution in [3.63, 3.8) is 0 Å². The Morgan fingerprint density at radius 3 is 2.62 bits per heavy atom. The third kappa shape index (κ3) is 2.30. The summed E-state index contributed by atoms with van der Waals surface area (Å²) in [6, 6.07) is 3.93. The monoisotopic (exact) mass is 223 g/mol. The molecule has 1 aliphatic heterocycles. The summed E-state index contributed by atoms with van der Waals surface area (Å²) >= 11 is 0. The van der Waals surface area contributed by atoms with E-state index in [9.17, 15) is 9.18 Å². The van der Waals surface area contributed by atoms with Crippen LogP contribution in [0.2, 0.25) is 0 Å². The highest BCUT2D eigenvalue weighted by molar-refractivity contribution is 5.95. The molecule has 86 valence electrons. The van der Waals surface area contributed by atoms with E-state index in [2.05, 4.69) is 5.32 Å². The van der Waals surface area contributed by atoms with Crippen LogP contribution in [-0.2, 0) is 0 Å². The third-order valence-corrected chi connectivity index (χ3v) is 2.57. The van der Waals surface area contributed by atoms with Crippen molar-refractivity contribution < 1.29 is 9.18 Å². The quantitative estimate of drug-likeness (QED) is 0.680. The second kappa shape index (κ2) is 4.49. The average Bonchev–Trinajstić information content (AvgIpc) is 2.28. The highest BCUT2D eigenvalue weighted by Gasteiger charge is 2.18. The van der Waals surface area contributed by atoms with E-state index in [0.717, 1.165) is 13.1 Å². The number of nitrogens with two attached hydrogens (primary N) is 1. The molecule has 4 nitrogen and oxygen atoms in total. The van der Waals surface area contributed by atoms with Gasteiger partial charge in [-0.3, -0.25) is 4.79 Å². The summed E-state index contributed by atoms with van der Waals surface area (Å²) < 4.78 is 13.1. The lowest BCUT2D eigenvalue weighted by Crippen LogP contribution is -2.46. The SMILES string of the molecule is Nc1cc(F)cc(C(=O)N2CCNCC2)c1. The summed E-state index contributed by atoms with van der Waals surface area (Å²) in [5, 5.41) is 3.15. The van der Waals surface area contributed by atoms with Gasteiger partial charge in [0.25, 0.3) is 5.91 Å². The van der Waals surface area contributed by atoms with Crippen LogP contribution in [0, 0.1) is 5.82 Å². The summed E-state index contributed by atoms with van der Waals surface area (Å²) in [5.41, 5.74) is 6.10. The summed E-state index contributed by atoms with van der Waals surface area (Å²) in [6.07, 6.45) is 0. The van der Waals surface area contributed by atoms with Crippen molar-refractivity contribution in [2.75, 3.05) is 31.9 Å². The minimum Gasteiger partial charge on any atom is -0.399 e. The van der Waals surface area contributed by atoms with Gasteiger partial charge >= 0.3 is 0 Å². The van der Waals surface area contributed by atoms with Crippen LogP contribution in [0.15, 0.2) is 18.2 Å². The smallest absolute Gasteiger partial charge is 0.254 e. The largest absolute Gasteiger partial charge is 0.399 e. The maximum Gasteiger partial charge on any atom is 0.254 e. The van der Waals surface area contributed by atoms with Gasteiger partial charge in [-0.05, 0) is 18.2 Å². The van der Waals surface area contributed by atoms with Crippen molar-refractivity contribution in [3.8, 4) is 0 Å². The average molecular weight is 223 g/mol. The van der Waals surface area contributed by atoms with E-state index in [0.29, 0.717) is 18.7 Å². The number of hydrogen-bond acceptors (Lipinski definition) is 3. The molecule has 2 rings (SSSR count). The predicted octanol–water partition coefficient (Wildman–Crippen LogP) is 0.453. The predicted molar refractivity (Wildman–Crippen MR) is 59.6 cm³/mol. The van der Waals surface area contributed by atoms with E-state index in [1.807, 2.05) is 0 Å². The van der Waals surface area contributed by atoms with Crippen molar-refractivity contribution in [1.29, 1.82) is 0 Å². The maximum absolute atomic E-state index is 13.1. The van der Waals surface area contributed by atoms with Gasteiger partial charge in [-0.1, -0.05) is 0 Å². The molecule has 16 heavy (non-hydrogen) atoms. The lowest BCUT2D eigenvalue weighted by molar-refractivity contribution is 0.0735. The Hall–Kier alpha value is -1.62. The Bertz CT molecular complexity index is 382. The van der Waals surface area contributed by atoms with Gasteiger partial charge in [0.15, 0.2) is 0 Å². The fraction of sp³-hybridized carbons (Fsp3) is 0.364. The van der Waals surface area contributed by atoms with Gasteiger partial charge in [-0.25, -0.2) is 4.39 Å². The molecule has 0 atom stereocenters. The Kier molecular flexibility index (Phi) is 3.05. The van der Waals surface area contributed by atoms with Crippen LogP contribution >= 0.6 is 0 Å². The number of amides is 1. The van der Waals surface area contributed by atoms with Crippen LogP contribution in [0.25, 0.3) is 0 Å². The number of benzene rings is 1. The van der Waals surface area contributed by atoms with Crippen molar-refractivity contribution in [2.45, 2.75) is 0 Å². The first-order chi connectivity index (χ1) is 7.66. The highest BCUT2D eigenvalue weighted by Crippen LogP contribution is 2.13. The normalized spacial score (nSPS) is 16.2. The molecule has 0 saturated carbocycles. The van der Waals surface area contributed by atoms with E-state index in [1.54, 1.807) is 4.90 Å². The van der Waals surface area contributed by atoms with Crippen molar-refractivity contribution in [3.05, 3.63) is 29.6 Å². The number of rotatable bonds is 1. The topological polar surface area (TPSA) is 58.4 Å². The van der Waals surface area contributed by atoms with Gasteiger partial charge in [0, 0.05) is 37.4 Å². The lowest BCUT2D eigenvalue weighted by Gasteiger charge is -2.27. The van der Waals surface area contributed by atoms with E-state index in [1.165, 1.54) is 18.2 Å². The minimum absolute atomic E-state index is 0.160. The molecule has 1 heterocycles. The fourth-order valence-corrected chi connectivity index (χ4v) is 1.79. The summed E-state index contributed by atoms with van der Waals surface area (Å²) in [5.74, 6) is -0.633. The molecule has 1 fully saturated rings. The van der Waals surface area contributed by atoms with Gasteiger partial charge in [0.05, 0.1) is 0 Å². The minimum atomic E-state index is -0.474. The molecule has 1 aliphatic rings. The van der Waals surface area contributed by atoms with Crippen molar-refractivity contribution in [2.24, 2.45) is 0 Å². The molecular formula is C11H14FN3O. The van der Waals surface area contributed by atoms with Gasteiger partial charge in [-0.2, -0.15) is 0 Å². The van der Waals surface area contributed by atoms with Crippen LogP contribution in [0.4, 0.5) is 10.1 Å². The second-order valence-electron chi connectivity index (χ2n) is 3.82. The number of hydrogen-bond donors (Lipinski definition) is 2. The molecule has 1 amide bonds. The van der Waals surface area contributed by atoms with Crippen LogP contribution in [0.5, 0.6) is 0 Å². The number of halogens is 1. The zero-order valence-corrected chi connectivity index (χ0v) is 8.87. The molecule has 1 saturated heterocycles. The summed E-state index contributed by atoms with van der Waals surface area (Å²) in [4.78, 5) is 13.7. The number of nitrogens with zero attached hydrogens (tertiary/aromatic N) is 1. The van der Waals surface area contributed by atoms with Crippen molar-refractivity contribution >= 4 is 11.6 Å². The summed E-state index contributed by atoms with van der Waals surface area (Å²) in [7, 11) is 0. The number of nitrogens with one attached hydrogen (secondary N) is 1. The molecule has 0 spiro atoms. The number of carbonyl (C=O) groups excluding carboxylic acids is 1. The lowest BCUT2D eigenvalue weighted by atomic mass is 10.1. The molecule has 0 bridgehead atoms. The second-order valence-corrected chi connectivity index (χ2v) is 3.82. The number of nitrogen functional groups attached to an aromatic ring is 1. The molecule has 3 N–H and O–H groups in total. The Morgan fingerprint density at radius 1 is 1.31 bits per heavy atom. The van der Waals surface area contributed by atoms with Gasteiger partial charge in [0.2, 0.25) is 0 Å². The zero-order chi connectivity index (χ0) is 11.5. The molecule has 0 aromatic heterocycles. The van der Waals surface area contributed by atoms with Gasteiger partial charge < -0.3 is 16.0 Å². The Morgan fingerprint density at radius 2 is 2.00 bits per heavy atom. The van der Waals surface area contributed by atoms with Gasteiger partial charge in [0.1, 0.15) is 5.82 Å². The van der Waals surface area contributed by atoms with Crippen molar-refractivity contribution in [1.82, 2.24) is 10.2 Å². The van der Waals surface area contributed by atoms with Crippen LogP contribution in [0.3, 0.4) is 0 Å². The molecule has 0 aliphatic carbocycles. The van der Waals surface area contributed by atoms with E-state index in [4.69, 9.17) is 5.73 Å². The molecule has 5 heteroatoms. The van der Waals surface area contributed by atoms with E-state index >= 15 is 0 Å². The fourth-order valence-electron chi connectivity index (χ4n) is 1.79. The van der Waals surface area contributed by atoms with Crippen LogP contribution < -0.4 is 11.1 Å². The third-order valence-electron chi connectivity index (χ3n) is 2.57. The molecule has 1 aromatic carbocycles. The summed E-state index contributed by atoms with van der Waals surface area (Å²) in [6.45, 7) is 2.84. The Labute approximate surface area is 93.2 Å². The highest BCUT2D eigenvalue weighted by atomic mass is 19.1. The first-order valence-electron chi connectivity index (χ1n) is 5.23.